The van der Waals surface area contributed by atoms with Gasteiger partial charge in [-0.15, -0.1) is 5.10 Å². The van der Waals surface area contributed by atoms with Crippen molar-refractivity contribution in [3.05, 3.63) is 5.89 Å². The molecule has 1 aromatic rings. The van der Waals surface area contributed by atoms with Gasteiger partial charge >= 0.3 is 6.01 Å². The first-order chi connectivity index (χ1) is 9.19. The molecule has 1 heterocycles. The van der Waals surface area contributed by atoms with Crippen molar-refractivity contribution in [3.63, 3.8) is 0 Å². The van der Waals surface area contributed by atoms with E-state index in [0.29, 0.717) is 37.0 Å². The monoisotopic (exact) mass is 268 g/mol. The molecular weight excluding hydrogens is 244 g/mol. The zero-order chi connectivity index (χ0) is 13.7. The van der Waals surface area contributed by atoms with E-state index in [2.05, 4.69) is 34.3 Å². The smallest absolute Gasteiger partial charge is 0.318 e. The Balaban J connectivity index is 1.90. The van der Waals surface area contributed by atoms with E-state index in [1.807, 2.05) is 0 Å². The summed E-state index contributed by atoms with van der Waals surface area (Å²) >= 11 is 0. The van der Waals surface area contributed by atoms with Crippen molar-refractivity contribution in [3.8, 4) is 0 Å². The number of rotatable bonds is 9. The molecule has 2 rings (SSSR count). The van der Waals surface area contributed by atoms with E-state index < -0.39 is 0 Å². The Morgan fingerprint density at radius 1 is 1.42 bits per heavy atom. The summed E-state index contributed by atoms with van der Waals surface area (Å²) in [5, 5.41) is 11.6. The first-order valence-electron chi connectivity index (χ1n) is 6.98. The van der Waals surface area contributed by atoms with Gasteiger partial charge in [0, 0.05) is 26.2 Å². The Morgan fingerprint density at radius 3 is 2.84 bits per heavy atom. The van der Waals surface area contributed by atoms with Crippen LogP contribution in [0.1, 0.15) is 32.6 Å². The molecule has 0 bridgehead atoms. The lowest BCUT2D eigenvalue weighted by molar-refractivity contribution is 0.203. The summed E-state index contributed by atoms with van der Waals surface area (Å²) in [6.07, 6.45) is 2.52. The molecule has 1 aliphatic rings. The second kappa shape index (κ2) is 6.86. The van der Waals surface area contributed by atoms with Crippen molar-refractivity contribution in [2.24, 2.45) is 5.92 Å². The molecule has 0 amide bonds. The third kappa shape index (κ3) is 4.80. The number of nitrogens with zero attached hydrogens (tertiary/aromatic N) is 3. The van der Waals surface area contributed by atoms with Crippen LogP contribution in [0.15, 0.2) is 4.42 Å². The van der Waals surface area contributed by atoms with Gasteiger partial charge in [0.25, 0.3) is 0 Å². The van der Waals surface area contributed by atoms with E-state index in [-0.39, 0.29) is 0 Å². The van der Waals surface area contributed by atoms with Gasteiger partial charge in [0.1, 0.15) is 0 Å². The predicted molar refractivity (Wildman–Crippen MR) is 73.1 cm³/mol. The fraction of sp³-hybridized carbons (Fsp3) is 0.846. The maximum Gasteiger partial charge on any atom is 0.318 e. The second-order valence-electron chi connectivity index (χ2n) is 5.47. The lowest BCUT2D eigenvalue weighted by atomic mass is 10.2. The lowest BCUT2D eigenvalue weighted by Crippen LogP contribution is -2.31. The van der Waals surface area contributed by atoms with Gasteiger partial charge in [-0.25, -0.2) is 0 Å². The highest BCUT2D eigenvalue weighted by molar-refractivity contribution is 5.23. The summed E-state index contributed by atoms with van der Waals surface area (Å²) in [7, 11) is 1.70. The van der Waals surface area contributed by atoms with Crippen molar-refractivity contribution in [1.82, 2.24) is 15.5 Å². The van der Waals surface area contributed by atoms with Gasteiger partial charge in [0.05, 0.1) is 13.2 Å². The molecule has 1 aliphatic carbocycles. The van der Waals surface area contributed by atoms with Crippen molar-refractivity contribution in [2.75, 3.05) is 31.7 Å². The van der Waals surface area contributed by atoms with Crippen molar-refractivity contribution in [1.29, 1.82) is 0 Å². The van der Waals surface area contributed by atoms with Gasteiger partial charge in [0.2, 0.25) is 5.89 Å². The Kier molecular flexibility index (Phi) is 5.15. The van der Waals surface area contributed by atoms with Crippen LogP contribution in [-0.4, -0.2) is 43.0 Å². The number of anilines is 1. The SMILES string of the molecule is COCCN(CC(C)C)c1nnc(CNC2CC2)o1. The quantitative estimate of drug-likeness (QED) is 0.731. The summed E-state index contributed by atoms with van der Waals surface area (Å²) in [4.78, 5) is 2.09. The van der Waals surface area contributed by atoms with Gasteiger partial charge < -0.3 is 19.4 Å². The molecule has 1 N–H and O–H groups in total. The minimum Gasteiger partial charge on any atom is -0.407 e. The highest BCUT2D eigenvalue weighted by Gasteiger charge is 2.22. The predicted octanol–water partition coefficient (Wildman–Crippen LogP) is 1.43. The first-order valence-corrected chi connectivity index (χ1v) is 6.98. The minimum absolute atomic E-state index is 0.539. The average molecular weight is 268 g/mol. The third-order valence-corrected chi connectivity index (χ3v) is 3.00. The van der Waals surface area contributed by atoms with E-state index in [9.17, 15) is 0 Å². The summed E-state index contributed by atoms with van der Waals surface area (Å²) < 4.78 is 10.8. The molecule has 108 valence electrons. The Bertz CT molecular complexity index is 376. The van der Waals surface area contributed by atoms with Crippen LogP contribution in [0.3, 0.4) is 0 Å². The number of hydrogen-bond donors (Lipinski definition) is 1. The van der Waals surface area contributed by atoms with Crippen molar-refractivity contribution < 1.29 is 9.15 Å². The number of hydrogen-bond acceptors (Lipinski definition) is 6. The summed E-state index contributed by atoms with van der Waals surface area (Å²) in [5.74, 6) is 1.20. The Labute approximate surface area is 114 Å². The molecule has 0 atom stereocenters. The van der Waals surface area contributed by atoms with Crippen LogP contribution in [0, 0.1) is 5.92 Å². The molecule has 0 radical (unpaired) electrons. The van der Waals surface area contributed by atoms with Gasteiger partial charge in [-0.2, -0.15) is 0 Å². The maximum absolute atomic E-state index is 5.71. The summed E-state index contributed by atoms with van der Waals surface area (Å²) in [5.41, 5.74) is 0. The van der Waals surface area contributed by atoms with Gasteiger partial charge in [-0.05, 0) is 18.8 Å². The molecule has 1 fully saturated rings. The zero-order valence-corrected chi connectivity index (χ0v) is 12.1. The first kappa shape index (κ1) is 14.3. The molecule has 6 heteroatoms. The fourth-order valence-electron chi connectivity index (χ4n) is 1.87. The number of methoxy groups -OCH3 is 1. The normalized spacial score (nSPS) is 15.2. The molecule has 0 aliphatic heterocycles. The van der Waals surface area contributed by atoms with Crippen LogP contribution in [-0.2, 0) is 11.3 Å². The summed E-state index contributed by atoms with van der Waals surface area (Å²) in [6.45, 7) is 7.33. The van der Waals surface area contributed by atoms with E-state index in [0.717, 1.165) is 13.1 Å². The average Bonchev–Trinajstić information content (AvgIpc) is 3.09. The Morgan fingerprint density at radius 2 is 2.21 bits per heavy atom. The van der Waals surface area contributed by atoms with E-state index >= 15 is 0 Å². The Hall–Kier alpha value is -1.14. The molecule has 0 aromatic carbocycles. The van der Waals surface area contributed by atoms with E-state index in [1.165, 1.54) is 12.8 Å². The van der Waals surface area contributed by atoms with Crippen LogP contribution in [0.4, 0.5) is 6.01 Å². The minimum atomic E-state index is 0.539. The van der Waals surface area contributed by atoms with Gasteiger partial charge in [-0.1, -0.05) is 18.9 Å². The van der Waals surface area contributed by atoms with Crippen LogP contribution in [0.2, 0.25) is 0 Å². The molecular formula is C13H24N4O2. The largest absolute Gasteiger partial charge is 0.407 e. The van der Waals surface area contributed by atoms with E-state index in [4.69, 9.17) is 9.15 Å². The van der Waals surface area contributed by atoms with E-state index in [1.54, 1.807) is 7.11 Å². The van der Waals surface area contributed by atoms with Crippen LogP contribution in [0.5, 0.6) is 0 Å². The molecule has 0 saturated heterocycles. The number of aromatic nitrogens is 2. The molecule has 1 saturated carbocycles. The highest BCUT2D eigenvalue weighted by Crippen LogP contribution is 2.20. The lowest BCUT2D eigenvalue weighted by Gasteiger charge is -2.21. The zero-order valence-electron chi connectivity index (χ0n) is 12.1. The van der Waals surface area contributed by atoms with Crippen molar-refractivity contribution >= 4 is 6.01 Å². The van der Waals surface area contributed by atoms with Crippen LogP contribution >= 0.6 is 0 Å². The van der Waals surface area contributed by atoms with Crippen molar-refractivity contribution in [2.45, 2.75) is 39.3 Å². The molecule has 0 spiro atoms. The second-order valence-corrected chi connectivity index (χ2v) is 5.47. The highest BCUT2D eigenvalue weighted by atomic mass is 16.5. The summed E-state index contributed by atoms with van der Waals surface area (Å²) in [6, 6.07) is 1.24. The molecule has 0 unspecified atom stereocenters. The van der Waals surface area contributed by atoms with Crippen LogP contribution in [0.25, 0.3) is 0 Å². The maximum atomic E-state index is 5.71. The number of ether oxygens (including phenoxy) is 1. The van der Waals surface area contributed by atoms with Gasteiger partial charge in [-0.3, -0.25) is 0 Å². The molecule has 6 nitrogen and oxygen atoms in total. The topological polar surface area (TPSA) is 63.4 Å². The number of nitrogens with one attached hydrogen (secondary N) is 1. The standard InChI is InChI=1S/C13H24N4O2/c1-10(2)9-17(6-7-18-3)13-16-15-12(19-13)8-14-11-4-5-11/h10-11,14H,4-9H2,1-3H3. The fourth-order valence-corrected chi connectivity index (χ4v) is 1.87. The van der Waals surface area contributed by atoms with Crippen LogP contribution < -0.4 is 10.2 Å². The molecule has 19 heavy (non-hydrogen) atoms. The third-order valence-electron chi connectivity index (χ3n) is 3.00. The molecule has 1 aromatic heterocycles. The van der Waals surface area contributed by atoms with Gasteiger partial charge in [0.15, 0.2) is 0 Å².